The molecule has 0 aromatic rings. The average molecular weight is 379 g/mol. The molecule has 4 atom stereocenters. The number of carbonyl (C=O) groups is 2. The Hall–Kier alpha value is -1.72. The Morgan fingerprint density at radius 3 is 2.67 bits per heavy atom. The normalized spacial score (nSPS) is 25.3. The smallest absolute Gasteiger partial charge is 0.303 e. The average Bonchev–Trinajstić information content (AvgIpc) is 2.89. The predicted molar refractivity (Wildman–Crippen MR) is 106 cm³/mol. The molecule has 0 heterocycles. The number of hydrogen-bond acceptors (Lipinski definition) is 4. The van der Waals surface area contributed by atoms with Gasteiger partial charge in [0.05, 0.1) is 11.7 Å². The number of Topliss-reactive ketones (excluding diaryl/α,β-unsaturated/α-hetero) is 1. The summed E-state index contributed by atoms with van der Waals surface area (Å²) in [5, 5.41) is 29.4. The van der Waals surface area contributed by atoms with Gasteiger partial charge in [-0.2, -0.15) is 0 Å². The fraction of sp³-hybridized carbons (Fsp3) is 0.636. The lowest BCUT2D eigenvalue weighted by Crippen LogP contribution is -2.25. The van der Waals surface area contributed by atoms with Gasteiger partial charge in [-0.05, 0) is 32.1 Å². The summed E-state index contributed by atoms with van der Waals surface area (Å²) in [4.78, 5) is 22.7. The Kier molecular flexibility index (Phi) is 10.3. The fourth-order valence-corrected chi connectivity index (χ4v) is 3.46. The zero-order valence-electron chi connectivity index (χ0n) is 16.3. The van der Waals surface area contributed by atoms with Gasteiger partial charge in [-0.15, -0.1) is 6.58 Å². The number of carboxylic acid groups (broad SMARTS) is 1. The van der Waals surface area contributed by atoms with Gasteiger partial charge in [0.15, 0.2) is 0 Å². The Morgan fingerprint density at radius 2 is 2.04 bits per heavy atom. The highest BCUT2D eigenvalue weighted by atomic mass is 16.4. The maximum Gasteiger partial charge on any atom is 0.303 e. The lowest BCUT2D eigenvalue weighted by molar-refractivity contribution is -0.137. The van der Waals surface area contributed by atoms with E-state index in [1.165, 1.54) is 0 Å². The van der Waals surface area contributed by atoms with E-state index < -0.39 is 17.7 Å². The van der Waals surface area contributed by atoms with Crippen LogP contribution in [0.5, 0.6) is 0 Å². The van der Waals surface area contributed by atoms with Crippen molar-refractivity contribution in [2.75, 3.05) is 0 Å². The molecule has 0 saturated heterocycles. The number of aliphatic carboxylic acids is 1. The number of aliphatic hydroxyl groups is 2. The molecule has 1 saturated carbocycles. The lowest BCUT2D eigenvalue weighted by atomic mass is 9.88. The quantitative estimate of drug-likeness (QED) is 0.335. The number of aliphatic hydroxyl groups excluding tert-OH is 1. The summed E-state index contributed by atoms with van der Waals surface area (Å²) in [7, 11) is 0. The second-order valence-corrected chi connectivity index (χ2v) is 7.46. The van der Waals surface area contributed by atoms with E-state index in [1.807, 2.05) is 24.3 Å². The van der Waals surface area contributed by atoms with Crippen LogP contribution in [0.2, 0.25) is 0 Å². The largest absolute Gasteiger partial charge is 0.481 e. The van der Waals surface area contributed by atoms with Crippen molar-refractivity contribution < 1.29 is 24.9 Å². The van der Waals surface area contributed by atoms with E-state index in [9.17, 15) is 19.8 Å². The molecule has 1 aliphatic rings. The van der Waals surface area contributed by atoms with Crippen LogP contribution in [0.1, 0.15) is 64.7 Å². The van der Waals surface area contributed by atoms with Gasteiger partial charge < -0.3 is 15.3 Å². The van der Waals surface area contributed by atoms with E-state index in [0.717, 1.165) is 12.8 Å². The maximum absolute atomic E-state index is 12.2. The first-order valence-electron chi connectivity index (χ1n) is 9.93. The van der Waals surface area contributed by atoms with Gasteiger partial charge in [-0.3, -0.25) is 9.59 Å². The van der Waals surface area contributed by atoms with Gasteiger partial charge >= 0.3 is 5.97 Å². The minimum Gasteiger partial charge on any atom is -0.481 e. The summed E-state index contributed by atoms with van der Waals surface area (Å²) in [5.41, 5.74) is -0.945. The molecule has 3 N–H and O–H groups in total. The second-order valence-electron chi connectivity index (χ2n) is 7.46. The number of hydrogen-bond donors (Lipinski definition) is 3. The molecule has 5 nitrogen and oxygen atoms in total. The third kappa shape index (κ3) is 8.22. The topological polar surface area (TPSA) is 94.8 Å². The minimum absolute atomic E-state index is 0.0531. The highest BCUT2D eigenvalue weighted by molar-refractivity contribution is 5.84. The van der Waals surface area contributed by atoms with E-state index in [0.29, 0.717) is 32.1 Å². The van der Waals surface area contributed by atoms with Gasteiger partial charge in [0, 0.05) is 24.7 Å². The number of ketones is 1. The van der Waals surface area contributed by atoms with Gasteiger partial charge in [0.1, 0.15) is 5.78 Å². The van der Waals surface area contributed by atoms with E-state index in [4.69, 9.17) is 5.11 Å². The lowest BCUT2D eigenvalue weighted by Gasteiger charge is -2.23. The van der Waals surface area contributed by atoms with Crippen LogP contribution in [-0.2, 0) is 9.59 Å². The van der Waals surface area contributed by atoms with Crippen LogP contribution in [0, 0.1) is 11.8 Å². The van der Waals surface area contributed by atoms with Crippen molar-refractivity contribution in [2.24, 2.45) is 11.8 Å². The summed E-state index contributed by atoms with van der Waals surface area (Å²) in [6, 6.07) is 0. The molecule has 0 aromatic heterocycles. The van der Waals surface area contributed by atoms with Crippen molar-refractivity contribution >= 4 is 11.8 Å². The van der Waals surface area contributed by atoms with Crippen LogP contribution in [-0.4, -0.2) is 38.8 Å². The molecular formula is C22H34O5. The van der Waals surface area contributed by atoms with Gasteiger partial charge in [-0.1, -0.05) is 50.1 Å². The van der Waals surface area contributed by atoms with Crippen molar-refractivity contribution in [3.8, 4) is 0 Å². The summed E-state index contributed by atoms with van der Waals surface area (Å²) >= 11 is 0. The Balaban J connectivity index is 2.59. The molecule has 0 bridgehead atoms. The minimum atomic E-state index is -0.945. The molecule has 0 spiro atoms. The van der Waals surface area contributed by atoms with Crippen LogP contribution >= 0.6 is 0 Å². The first-order chi connectivity index (χ1) is 12.8. The molecule has 0 radical (unpaired) electrons. The summed E-state index contributed by atoms with van der Waals surface area (Å²) in [6.07, 6.45) is 13.5. The zero-order chi connectivity index (χ0) is 20.3. The summed E-state index contributed by atoms with van der Waals surface area (Å²) < 4.78 is 0. The molecule has 0 aliphatic heterocycles. The number of carboxylic acids is 1. The van der Waals surface area contributed by atoms with E-state index >= 15 is 0 Å². The monoisotopic (exact) mass is 378 g/mol. The van der Waals surface area contributed by atoms with Gasteiger partial charge in [0.2, 0.25) is 0 Å². The number of unbranched alkanes of at least 4 members (excludes halogenated alkanes) is 2. The Morgan fingerprint density at radius 1 is 1.30 bits per heavy atom. The van der Waals surface area contributed by atoms with Crippen molar-refractivity contribution in [3.05, 3.63) is 37.0 Å². The molecule has 152 valence electrons. The maximum atomic E-state index is 12.2. The van der Waals surface area contributed by atoms with Crippen molar-refractivity contribution in [2.45, 2.75) is 76.4 Å². The summed E-state index contributed by atoms with van der Waals surface area (Å²) in [5.74, 6) is -1.26. The van der Waals surface area contributed by atoms with Crippen molar-refractivity contribution in [1.82, 2.24) is 0 Å². The van der Waals surface area contributed by atoms with E-state index in [1.54, 1.807) is 6.08 Å². The van der Waals surface area contributed by atoms with Crippen LogP contribution in [0.4, 0.5) is 0 Å². The van der Waals surface area contributed by atoms with Gasteiger partial charge in [-0.25, -0.2) is 0 Å². The highest BCUT2D eigenvalue weighted by Gasteiger charge is 2.39. The Labute approximate surface area is 162 Å². The molecule has 27 heavy (non-hydrogen) atoms. The van der Waals surface area contributed by atoms with Gasteiger partial charge in [0.25, 0.3) is 0 Å². The number of rotatable bonds is 13. The molecule has 0 unspecified atom stereocenters. The van der Waals surface area contributed by atoms with Crippen LogP contribution in [0.3, 0.4) is 0 Å². The third-order valence-corrected chi connectivity index (χ3v) is 5.22. The predicted octanol–water partition coefficient (Wildman–Crippen LogP) is 3.81. The molecule has 0 aromatic carbocycles. The van der Waals surface area contributed by atoms with Crippen molar-refractivity contribution in [3.63, 3.8) is 0 Å². The van der Waals surface area contributed by atoms with Crippen LogP contribution < -0.4 is 0 Å². The molecule has 1 fully saturated rings. The zero-order valence-corrected chi connectivity index (χ0v) is 16.3. The first-order valence-corrected chi connectivity index (χ1v) is 9.93. The summed E-state index contributed by atoms with van der Waals surface area (Å²) in [6.45, 7) is 5.79. The fourth-order valence-electron chi connectivity index (χ4n) is 3.46. The van der Waals surface area contributed by atoms with Crippen molar-refractivity contribution in [1.29, 1.82) is 0 Å². The SMILES string of the molecule is C=C[C@@](O)(CC=C[C@H]1[C@H](O)CC(=O)[C@@H]1CC=CCCCC(=O)O)CCCC. The van der Waals surface area contributed by atoms with Crippen LogP contribution in [0.15, 0.2) is 37.0 Å². The standard InChI is InChI=1S/C22H34O5/c1-3-5-14-22(27,4-2)15-10-12-18-17(19(23)16-20(18)24)11-8-6-7-9-13-21(25)26/h4,6,8,10,12,17-18,20,24,27H,2-3,5,7,9,11,13-16H2,1H3,(H,25,26)/t17-,18-,20-,22+/m1/s1. The third-order valence-electron chi connectivity index (χ3n) is 5.22. The number of allylic oxidation sites excluding steroid dienone is 2. The highest BCUT2D eigenvalue weighted by Crippen LogP contribution is 2.34. The molecule has 1 rings (SSSR count). The first kappa shape index (κ1) is 23.3. The van der Waals surface area contributed by atoms with Crippen LogP contribution in [0.25, 0.3) is 0 Å². The number of carbonyl (C=O) groups excluding carboxylic acids is 1. The molecule has 0 amide bonds. The molecule has 5 heteroatoms. The Bertz CT molecular complexity index is 551. The van der Waals surface area contributed by atoms with E-state index in [2.05, 4.69) is 13.5 Å². The van der Waals surface area contributed by atoms with E-state index in [-0.39, 0.29) is 30.5 Å². The second kappa shape index (κ2) is 11.9. The molecular weight excluding hydrogens is 344 g/mol. The molecule has 1 aliphatic carbocycles.